The molecule has 2 aliphatic rings. The molecule has 2 fully saturated rings. The first-order valence-electron chi connectivity index (χ1n) is 7.93. The molecule has 0 aliphatic carbocycles. The minimum atomic E-state index is -0.145. The van der Waals surface area contributed by atoms with Crippen LogP contribution in [-0.4, -0.2) is 50.0 Å². The number of aryl methyl sites for hydroxylation is 1. The second-order valence-corrected chi connectivity index (χ2v) is 5.95. The lowest BCUT2D eigenvalue weighted by atomic mass is 9.97. The van der Waals surface area contributed by atoms with Gasteiger partial charge in [-0.1, -0.05) is 17.7 Å². The lowest BCUT2D eigenvalue weighted by Crippen LogP contribution is -2.45. The van der Waals surface area contributed by atoms with Crippen LogP contribution < -0.4 is 4.74 Å². The van der Waals surface area contributed by atoms with Crippen molar-refractivity contribution in [1.82, 2.24) is 4.90 Å². The summed E-state index contributed by atoms with van der Waals surface area (Å²) in [5.41, 5.74) is 1.18. The summed E-state index contributed by atoms with van der Waals surface area (Å²) in [5.74, 6) is 1.04. The highest BCUT2D eigenvalue weighted by Gasteiger charge is 2.32. The number of hydrogen-bond acceptors (Lipinski definition) is 4. The molecule has 22 heavy (non-hydrogen) atoms. The summed E-state index contributed by atoms with van der Waals surface area (Å²) in [4.78, 5) is 14.2. The number of nitrogens with zero attached hydrogens (tertiary/aromatic N) is 1. The number of rotatable bonds is 4. The fourth-order valence-corrected chi connectivity index (χ4v) is 2.98. The van der Waals surface area contributed by atoms with Crippen LogP contribution in [-0.2, 0) is 14.3 Å². The molecule has 1 aromatic rings. The molecule has 1 amide bonds. The summed E-state index contributed by atoms with van der Waals surface area (Å²) in [6, 6.07) is 7.74. The molecule has 1 atom stereocenters. The summed E-state index contributed by atoms with van der Waals surface area (Å²) in [6.45, 7) is 4.91. The van der Waals surface area contributed by atoms with Gasteiger partial charge in [0.15, 0.2) is 12.9 Å². The fraction of sp³-hybridized carbons (Fsp3) is 0.588. The first-order chi connectivity index (χ1) is 10.7. The minimum absolute atomic E-state index is 0.0308. The topological polar surface area (TPSA) is 48.0 Å². The summed E-state index contributed by atoms with van der Waals surface area (Å²) < 4.78 is 16.7. The Bertz CT molecular complexity index is 496. The summed E-state index contributed by atoms with van der Waals surface area (Å²) in [6.07, 6.45) is 1.89. The van der Waals surface area contributed by atoms with Crippen LogP contribution >= 0.6 is 0 Å². The highest BCUT2D eigenvalue weighted by molar-refractivity contribution is 5.77. The average molecular weight is 305 g/mol. The zero-order valence-electron chi connectivity index (χ0n) is 13.0. The first-order valence-corrected chi connectivity index (χ1v) is 7.93. The Morgan fingerprint density at radius 1 is 1.27 bits per heavy atom. The van der Waals surface area contributed by atoms with Crippen LogP contribution in [0.5, 0.6) is 5.75 Å². The van der Waals surface area contributed by atoms with Gasteiger partial charge in [-0.15, -0.1) is 0 Å². The average Bonchev–Trinajstić information content (AvgIpc) is 3.09. The van der Waals surface area contributed by atoms with E-state index < -0.39 is 0 Å². The van der Waals surface area contributed by atoms with E-state index in [1.807, 2.05) is 36.1 Å². The van der Waals surface area contributed by atoms with Crippen molar-refractivity contribution in [2.45, 2.75) is 26.1 Å². The van der Waals surface area contributed by atoms with Crippen LogP contribution in [0.4, 0.5) is 0 Å². The lowest BCUT2D eigenvalue weighted by Gasteiger charge is -2.34. The maximum absolute atomic E-state index is 12.3. The first kappa shape index (κ1) is 15.3. The fourth-order valence-electron chi connectivity index (χ4n) is 2.98. The van der Waals surface area contributed by atoms with Gasteiger partial charge in [-0.05, 0) is 31.9 Å². The second-order valence-electron chi connectivity index (χ2n) is 5.95. The van der Waals surface area contributed by atoms with Crippen molar-refractivity contribution in [2.24, 2.45) is 5.92 Å². The van der Waals surface area contributed by atoms with Gasteiger partial charge in [0.2, 0.25) is 0 Å². The Balaban J connectivity index is 1.49. The molecule has 0 N–H and O–H groups in total. The highest BCUT2D eigenvalue weighted by Crippen LogP contribution is 2.25. The van der Waals surface area contributed by atoms with Gasteiger partial charge in [0.05, 0.1) is 13.2 Å². The van der Waals surface area contributed by atoms with E-state index in [0.29, 0.717) is 19.8 Å². The number of carbonyl (C=O) groups is 1. The number of piperidine rings is 1. The molecular formula is C17H23NO4. The molecule has 2 saturated heterocycles. The van der Waals surface area contributed by atoms with Gasteiger partial charge in [-0.2, -0.15) is 0 Å². The van der Waals surface area contributed by atoms with Crippen molar-refractivity contribution < 1.29 is 19.0 Å². The van der Waals surface area contributed by atoms with E-state index in [-0.39, 0.29) is 24.7 Å². The van der Waals surface area contributed by atoms with Crippen molar-refractivity contribution in [2.75, 3.05) is 32.9 Å². The van der Waals surface area contributed by atoms with Crippen molar-refractivity contribution >= 4 is 5.91 Å². The third-order valence-corrected chi connectivity index (χ3v) is 4.23. The van der Waals surface area contributed by atoms with Gasteiger partial charge in [0.1, 0.15) is 5.75 Å². The molecule has 3 rings (SSSR count). The van der Waals surface area contributed by atoms with Gasteiger partial charge in [0, 0.05) is 19.0 Å². The quantitative estimate of drug-likeness (QED) is 0.853. The predicted octanol–water partition coefficient (Wildman–Crippen LogP) is 1.99. The number of benzene rings is 1. The van der Waals surface area contributed by atoms with Crippen molar-refractivity contribution in [3.8, 4) is 5.75 Å². The molecule has 0 radical (unpaired) electrons. The van der Waals surface area contributed by atoms with Gasteiger partial charge >= 0.3 is 0 Å². The molecule has 5 heteroatoms. The van der Waals surface area contributed by atoms with Crippen LogP contribution in [0.2, 0.25) is 0 Å². The van der Waals surface area contributed by atoms with Crippen molar-refractivity contribution in [1.29, 1.82) is 0 Å². The maximum Gasteiger partial charge on any atom is 0.260 e. The molecule has 0 saturated carbocycles. The number of ether oxygens (including phenoxy) is 3. The molecule has 120 valence electrons. The number of carbonyl (C=O) groups excluding carboxylic acids is 1. The third-order valence-electron chi connectivity index (χ3n) is 4.23. The van der Waals surface area contributed by atoms with Gasteiger partial charge in [-0.25, -0.2) is 0 Å². The summed E-state index contributed by atoms with van der Waals surface area (Å²) in [7, 11) is 0. The van der Waals surface area contributed by atoms with E-state index in [1.165, 1.54) is 5.56 Å². The molecule has 5 nitrogen and oxygen atoms in total. The zero-order chi connectivity index (χ0) is 15.4. The SMILES string of the molecule is Cc1ccc(OCC(=O)N2CCCC(C3OCCO3)C2)cc1. The molecule has 0 bridgehead atoms. The Morgan fingerprint density at radius 3 is 2.73 bits per heavy atom. The normalized spacial score (nSPS) is 22.8. The standard InChI is InChI=1S/C17H23NO4/c1-13-4-6-15(7-5-13)22-12-16(19)18-8-2-3-14(11-18)17-20-9-10-21-17/h4-7,14,17H,2-3,8-12H2,1H3. The van der Waals surface area contributed by atoms with Crippen LogP contribution in [0, 0.1) is 12.8 Å². The van der Waals surface area contributed by atoms with E-state index in [9.17, 15) is 4.79 Å². The van der Waals surface area contributed by atoms with Crippen molar-refractivity contribution in [3.05, 3.63) is 29.8 Å². The van der Waals surface area contributed by atoms with Crippen LogP contribution in [0.1, 0.15) is 18.4 Å². The maximum atomic E-state index is 12.3. The molecule has 0 spiro atoms. The summed E-state index contributed by atoms with van der Waals surface area (Å²) in [5, 5.41) is 0. The van der Waals surface area contributed by atoms with Crippen LogP contribution in [0.3, 0.4) is 0 Å². The highest BCUT2D eigenvalue weighted by atomic mass is 16.7. The number of likely N-dealkylation sites (tertiary alicyclic amines) is 1. The van der Waals surface area contributed by atoms with E-state index >= 15 is 0 Å². The van der Waals surface area contributed by atoms with Crippen LogP contribution in [0.15, 0.2) is 24.3 Å². The molecular weight excluding hydrogens is 282 g/mol. The summed E-state index contributed by atoms with van der Waals surface area (Å²) >= 11 is 0. The third kappa shape index (κ3) is 3.78. The van der Waals surface area contributed by atoms with E-state index in [0.717, 1.165) is 25.1 Å². The predicted molar refractivity (Wildman–Crippen MR) is 81.7 cm³/mol. The Kier molecular flexibility index (Phi) is 4.95. The Labute approximate surface area is 131 Å². The largest absolute Gasteiger partial charge is 0.484 e. The van der Waals surface area contributed by atoms with Crippen molar-refractivity contribution in [3.63, 3.8) is 0 Å². The minimum Gasteiger partial charge on any atom is -0.484 e. The lowest BCUT2D eigenvalue weighted by molar-refractivity contribution is -0.141. The van der Waals surface area contributed by atoms with Gasteiger partial charge < -0.3 is 19.1 Å². The molecule has 0 aromatic heterocycles. The van der Waals surface area contributed by atoms with Gasteiger partial charge in [-0.3, -0.25) is 4.79 Å². The molecule has 2 heterocycles. The Morgan fingerprint density at radius 2 is 2.00 bits per heavy atom. The Hall–Kier alpha value is -1.59. The monoisotopic (exact) mass is 305 g/mol. The van der Waals surface area contributed by atoms with E-state index in [1.54, 1.807) is 0 Å². The van der Waals surface area contributed by atoms with E-state index in [2.05, 4.69) is 0 Å². The smallest absolute Gasteiger partial charge is 0.260 e. The molecule has 1 unspecified atom stereocenters. The van der Waals surface area contributed by atoms with Crippen LogP contribution in [0.25, 0.3) is 0 Å². The van der Waals surface area contributed by atoms with E-state index in [4.69, 9.17) is 14.2 Å². The molecule has 1 aromatic carbocycles. The number of amides is 1. The number of hydrogen-bond donors (Lipinski definition) is 0. The van der Waals surface area contributed by atoms with Gasteiger partial charge in [0.25, 0.3) is 5.91 Å². The zero-order valence-corrected chi connectivity index (χ0v) is 13.0. The second kappa shape index (κ2) is 7.11. The molecule has 2 aliphatic heterocycles.